The summed E-state index contributed by atoms with van der Waals surface area (Å²) >= 11 is 21.0. The fourth-order valence-corrected chi connectivity index (χ4v) is 0.959. The maximum Gasteiger partial charge on any atom is 0.0967 e. The second-order valence-electron chi connectivity index (χ2n) is 1.97. The summed E-state index contributed by atoms with van der Waals surface area (Å²) in [6.07, 6.45) is 0. The molecule has 0 aromatic heterocycles. The van der Waals surface area contributed by atoms with Crippen LogP contribution in [0.25, 0.3) is 0 Å². The van der Waals surface area contributed by atoms with Gasteiger partial charge in [0.25, 0.3) is 0 Å². The molecule has 0 aliphatic rings. The van der Waals surface area contributed by atoms with Gasteiger partial charge in [0.05, 0.1) is 15.4 Å². The van der Waals surface area contributed by atoms with Crippen LogP contribution in [0.15, 0.2) is 18.2 Å². The van der Waals surface area contributed by atoms with Gasteiger partial charge in [-0.2, -0.15) is 0 Å². The average molecular weight is 246 g/mol. The molecule has 0 aliphatic heterocycles. The van der Waals surface area contributed by atoms with E-state index in [9.17, 15) is 0 Å². The van der Waals surface area contributed by atoms with E-state index in [0.717, 1.165) is 5.56 Å². The van der Waals surface area contributed by atoms with E-state index >= 15 is 0 Å². The van der Waals surface area contributed by atoms with Crippen molar-refractivity contribution in [2.45, 2.75) is 6.92 Å². The Morgan fingerprint density at radius 3 is 2.00 bits per heavy atom. The predicted molar refractivity (Wildman–Crippen MR) is 57.8 cm³/mol. The van der Waals surface area contributed by atoms with E-state index in [1.165, 1.54) is 0 Å². The first-order chi connectivity index (χ1) is 5.63. The molecule has 1 aromatic rings. The standard InChI is InChI=1S/C7H6Cl2.CH2Cl2/c1-5-3-2-4-6(8)7(5)9;2-1-3/h2-4H,1H3;1H2. The van der Waals surface area contributed by atoms with Crippen LogP contribution in [-0.2, 0) is 0 Å². The number of rotatable bonds is 0. The minimum Gasteiger partial charge on any atom is -0.109 e. The number of halogens is 4. The lowest BCUT2D eigenvalue weighted by Crippen LogP contribution is -1.73. The predicted octanol–water partition coefficient (Wildman–Crippen LogP) is 4.72. The summed E-state index contributed by atoms with van der Waals surface area (Å²) in [5.41, 5.74) is 1.02. The van der Waals surface area contributed by atoms with E-state index in [-0.39, 0.29) is 5.34 Å². The summed E-state index contributed by atoms with van der Waals surface area (Å²) in [4.78, 5) is 0. The van der Waals surface area contributed by atoms with Gasteiger partial charge in [-0.3, -0.25) is 0 Å². The molecule has 0 N–H and O–H groups in total. The molecule has 68 valence electrons. The smallest absolute Gasteiger partial charge is 0.0967 e. The third-order valence-electron chi connectivity index (χ3n) is 1.14. The van der Waals surface area contributed by atoms with Crippen molar-refractivity contribution >= 4 is 46.4 Å². The highest BCUT2D eigenvalue weighted by Crippen LogP contribution is 2.24. The van der Waals surface area contributed by atoms with Gasteiger partial charge in [-0.15, -0.1) is 23.2 Å². The van der Waals surface area contributed by atoms with Crippen molar-refractivity contribution in [3.8, 4) is 0 Å². The molecule has 0 spiro atoms. The van der Waals surface area contributed by atoms with Gasteiger partial charge in [-0.05, 0) is 18.6 Å². The van der Waals surface area contributed by atoms with Crippen LogP contribution in [0.5, 0.6) is 0 Å². The molecule has 0 heterocycles. The van der Waals surface area contributed by atoms with Crippen LogP contribution in [0.3, 0.4) is 0 Å². The van der Waals surface area contributed by atoms with Gasteiger partial charge in [0.2, 0.25) is 0 Å². The fraction of sp³-hybridized carbons (Fsp3) is 0.250. The Kier molecular flexibility index (Phi) is 7.07. The van der Waals surface area contributed by atoms with Gasteiger partial charge in [0.1, 0.15) is 0 Å². The Balaban J connectivity index is 0.000000354. The minimum absolute atomic E-state index is 0.194. The average Bonchev–Trinajstić information content (AvgIpc) is 2.02. The van der Waals surface area contributed by atoms with Crippen molar-refractivity contribution in [3.05, 3.63) is 33.8 Å². The minimum atomic E-state index is 0.194. The Labute approximate surface area is 92.4 Å². The largest absolute Gasteiger partial charge is 0.109 e. The first-order valence-corrected chi connectivity index (χ1v) is 4.98. The molecule has 0 saturated carbocycles. The van der Waals surface area contributed by atoms with Gasteiger partial charge >= 0.3 is 0 Å². The highest BCUT2D eigenvalue weighted by atomic mass is 35.5. The van der Waals surface area contributed by atoms with Crippen LogP contribution < -0.4 is 0 Å². The van der Waals surface area contributed by atoms with Crippen LogP contribution in [0, 0.1) is 6.92 Å². The molecule has 0 amide bonds. The summed E-state index contributed by atoms with van der Waals surface area (Å²) in [6, 6.07) is 5.58. The third kappa shape index (κ3) is 4.42. The van der Waals surface area contributed by atoms with Crippen molar-refractivity contribution in [1.82, 2.24) is 0 Å². The molecule has 0 radical (unpaired) electrons. The molecule has 0 aliphatic carbocycles. The van der Waals surface area contributed by atoms with E-state index in [0.29, 0.717) is 10.0 Å². The van der Waals surface area contributed by atoms with Crippen molar-refractivity contribution in [2.75, 3.05) is 5.34 Å². The maximum absolute atomic E-state index is 5.75. The van der Waals surface area contributed by atoms with E-state index < -0.39 is 0 Å². The lowest BCUT2D eigenvalue weighted by molar-refractivity contribution is 1.47. The van der Waals surface area contributed by atoms with Crippen LogP contribution in [0.4, 0.5) is 0 Å². The molecule has 0 fully saturated rings. The van der Waals surface area contributed by atoms with Crippen molar-refractivity contribution in [2.24, 2.45) is 0 Å². The molecule has 1 rings (SSSR count). The summed E-state index contributed by atoms with van der Waals surface area (Å²) in [5.74, 6) is 0. The van der Waals surface area contributed by atoms with Crippen molar-refractivity contribution in [3.63, 3.8) is 0 Å². The third-order valence-corrected chi connectivity index (χ3v) is 2.06. The lowest BCUT2D eigenvalue weighted by atomic mass is 10.2. The summed E-state index contributed by atoms with van der Waals surface area (Å²) < 4.78 is 0. The van der Waals surface area contributed by atoms with Gasteiger partial charge in [0, 0.05) is 0 Å². The molecule has 0 atom stereocenters. The van der Waals surface area contributed by atoms with Crippen molar-refractivity contribution < 1.29 is 0 Å². The van der Waals surface area contributed by atoms with Crippen LogP contribution in [0.1, 0.15) is 5.56 Å². The van der Waals surface area contributed by atoms with Crippen molar-refractivity contribution in [1.29, 1.82) is 0 Å². The molecule has 1 aromatic carbocycles. The molecule has 12 heavy (non-hydrogen) atoms. The topological polar surface area (TPSA) is 0 Å². The van der Waals surface area contributed by atoms with Gasteiger partial charge in [0.15, 0.2) is 0 Å². The zero-order valence-electron chi connectivity index (χ0n) is 6.45. The first kappa shape index (κ1) is 12.4. The second kappa shape index (κ2) is 6.85. The van der Waals surface area contributed by atoms with Crippen LogP contribution >= 0.6 is 46.4 Å². The summed E-state index contributed by atoms with van der Waals surface area (Å²) in [6.45, 7) is 1.92. The first-order valence-electron chi connectivity index (χ1n) is 3.16. The normalized spacial score (nSPS) is 8.75. The van der Waals surface area contributed by atoms with Gasteiger partial charge < -0.3 is 0 Å². The Morgan fingerprint density at radius 2 is 1.67 bits per heavy atom. The molecule has 0 unspecified atom stereocenters. The highest BCUT2D eigenvalue weighted by Gasteiger charge is 1.96. The maximum atomic E-state index is 5.75. The van der Waals surface area contributed by atoms with E-state index in [2.05, 4.69) is 0 Å². The molecular weight excluding hydrogens is 238 g/mol. The van der Waals surface area contributed by atoms with E-state index in [4.69, 9.17) is 46.4 Å². The molecule has 4 heteroatoms. The Hall–Kier alpha value is 0.380. The quantitative estimate of drug-likeness (QED) is 0.580. The van der Waals surface area contributed by atoms with E-state index in [1.54, 1.807) is 6.07 Å². The van der Waals surface area contributed by atoms with Crippen LogP contribution in [0.2, 0.25) is 10.0 Å². The highest BCUT2D eigenvalue weighted by molar-refractivity contribution is 6.42. The number of hydrogen-bond acceptors (Lipinski definition) is 0. The summed E-state index contributed by atoms with van der Waals surface area (Å²) in [7, 11) is 0. The molecule has 0 saturated heterocycles. The molecule has 0 bridgehead atoms. The van der Waals surface area contributed by atoms with Gasteiger partial charge in [-0.1, -0.05) is 35.3 Å². The number of alkyl halides is 2. The second-order valence-corrected chi connectivity index (χ2v) is 3.57. The Morgan fingerprint density at radius 1 is 1.17 bits per heavy atom. The fourth-order valence-electron chi connectivity index (χ4n) is 0.612. The molecule has 0 nitrogen and oxygen atoms in total. The lowest BCUT2D eigenvalue weighted by Gasteiger charge is -1.96. The van der Waals surface area contributed by atoms with Crippen LogP contribution in [-0.4, -0.2) is 5.34 Å². The SMILES string of the molecule is Cc1cccc(Cl)c1Cl.ClCCl. The van der Waals surface area contributed by atoms with Gasteiger partial charge in [-0.25, -0.2) is 0 Å². The zero-order chi connectivity index (χ0) is 9.56. The summed E-state index contributed by atoms with van der Waals surface area (Å²) in [5, 5.41) is 1.47. The number of aryl methyl sites for hydroxylation is 1. The number of benzene rings is 1. The van der Waals surface area contributed by atoms with E-state index in [1.807, 2.05) is 19.1 Å². The molecular formula is C8H8Cl4. The number of hydrogen-bond donors (Lipinski definition) is 0. The Bertz CT molecular complexity index is 214. The monoisotopic (exact) mass is 244 g/mol. The zero-order valence-corrected chi connectivity index (χ0v) is 9.47.